The van der Waals surface area contributed by atoms with Crippen LogP contribution in [0.1, 0.15) is 47.7 Å². The summed E-state index contributed by atoms with van der Waals surface area (Å²) in [5, 5.41) is 25.0. The van der Waals surface area contributed by atoms with Gasteiger partial charge in [0.05, 0.1) is 28.0 Å². The van der Waals surface area contributed by atoms with Crippen molar-refractivity contribution < 1.29 is 19.8 Å². The molecule has 4 N–H and O–H groups in total. The molecule has 0 aliphatic carbocycles. The van der Waals surface area contributed by atoms with E-state index in [9.17, 15) is 19.8 Å². The number of hydrogen-bond donors (Lipinski definition) is 3. The number of aromatic nitrogens is 4. The minimum atomic E-state index is -1.30. The molecule has 1 saturated heterocycles. The predicted octanol–water partition coefficient (Wildman–Crippen LogP) is 3.24. The second kappa shape index (κ2) is 9.29. The maximum Gasteiger partial charge on any atom is 0.336 e. The molecule has 2 unspecified atom stereocenters. The second-order valence-electron chi connectivity index (χ2n) is 9.53. The van der Waals surface area contributed by atoms with Crippen LogP contribution in [0.3, 0.4) is 0 Å². The third-order valence-electron chi connectivity index (χ3n) is 7.17. The highest BCUT2D eigenvalue weighted by molar-refractivity contribution is 6.04. The second-order valence-corrected chi connectivity index (χ2v) is 9.53. The van der Waals surface area contributed by atoms with Crippen LogP contribution in [0.4, 0.5) is 0 Å². The Hall–Kier alpha value is -4.31. The number of carbonyl (C=O) groups excluding carboxylic acids is 1. The molecule has 0 spiro atoms. The first-order valence-corrected chi connectivity index (χ1v) is 12.1. The summed E-state index contributed by atoms with van der Waals surface area (Å²) in [6.45, 7) is 4.91. The van der Waals surface area contributed by atoms with E-state index in [-0.39, 0.29) is 11.3 Å². The Labute approximate surface area is 213 Å². The van der Waals surface area contributed by atoms with Crippen molar-refractivity contribution in [2.45, 2.75) is 38.3 Å². The molecule has 10 nitrogen and oxygen atoms in total. The first-order chi connectivity index (χ1) is 17.7. The van der Waals surface area contributed by atoms with Gasteiger partial charge < -0.3 is 15.9 Å². The smallest absolute Gasteiger partial charge is 0.336 e. The zero-order valence-corrected chi connectivity index (χ0v) is 20.6. The Balaban J connectivity index is 1.82. The van der Waals surface area contributed by atoms with Crippen LogP contribution in [-0.4, -0.2) is 59.8 Å². The average molecular weight is 501 g/mol. The minimum Gasteiger partial charge on any atom is -0.508 e. The lowest BCUT2D eigenvalue weighted by Gasteiger charge is -2.40. The van der Waals surface area contributed by atoms with E-state index in [0.717, 1.165) is 12.8 Å². The Kier molecular flexibility index (Phi) is 6.12. The number of amides is 1. The molecule has 190 valence electrons. The number of benzene rings is 1. The Morgan fingerprint density at radius 1 is 1.11 bits per heavy atom. The number of rotatable bonds is 7. The molecule has 4 heterocycles. The molecule has 1 amide bonds. The van der Waals surface area contributed by atoms with E-state index in [0.29, 0.717) is 46.8 Å². The van der Waals surface area contributed by atoms with Gasteiger partial charge in [0.15, 0.2) is 5.65 Å². The summed E-state index contributed by atoms with van der Waals surface area (Å²) in [6.07, 6.45) is 2.81. The number of fused-ring (bicyclic) bond motifs is 1. The van der Waals surface area contributed by atoms with Crippen LogP contribution in [0, 0.1) is 6.92 Å². The standard InChI is InChI=1S/C27H28N6O4/c1-16-22-19(24(35)36)15-20(17-8-10-18(34)11-9-17)30-23(22)33(31-16)26(32-13-5-6-14-32)27(2,25(28)37)21-7-3-4-12-29-21/h3-4,7-12,15,26,34H,5-6,13-14H2,1-2H3,(H2,28,37)(H,35,36). The van der Waals surface area contributed by atoms with Crippen molar-refractivity contribution in [3.05, 3.63) is 71.7 Å². The first-order valence-electron chi connectivity index (χ1n) is 12.1. The zero-order chi connectivity index (χ0) is 26.3. The van der Waals surface area contributed by atoms with Gasteiger partial charge in [0, 0.05) is 24.8 Å². The average Bonchev–Trinajstić information content (AvgIpc) is 3.53. The summed E-state index contributed by atoms with van der Waals surface area (Å²) in [5.41, 5.74) is 7.19. The van der Waals surface area contributed by atoms with Crippen LogP contribution in [0.5, 0.6) is 5.75 Å². The van der Waals surface area contributed by atoms with E-state index < -0.39 is 23.5 Å². The van der Waals surface area contributed by atoms with Crippen LogP contribution in [-0.2, 0) is 10.2 Å². The van der Waals surface area contributed by atoms with Crippen molar-refractivity contribution >= 4 is 22.9 Å². The number of carboxylic acid groups (broad SMARTS) is 1. The number of carboxylic acids is 1. The fraction of sp³-hybridized carbons (Fsp3) is 0.296. The molecule has 1 aliphatic heterocycles. The molecule has 0 radical (unpaired) electrons. The number of primary amides is 1. The monoisotopic (exact) mass is 500 g/mol. The summed E-state index contributed by atoms with van der Waals surface area (Å²) in [4.78, 5) is 37.1. The van der Waals surface area contributed by atoms with Crippen molar-refractivity contribution in [2.75, 3.05) is 13.1 Å². The molecule has 3 aromatic heterocycles. The number of phenols is 1. The summed E-state index contributed by atoms with van der Waals surface area (Å²) < 4.78 is 1.64. The van der Waals surface area contributed by atoms with Crippen molar-refractivity contribution in [1.82, 2.24) is 24.6 Å². The van der Waals surface area contributed by atoms with Crippen molar-refractivity contribution in [3.8, 4) is 17.0 Å². The third kappa shape index (κ3) is 4.09. The van der Waals surface area contributed by atoms with E-state index in [1.165, 1.54) is 18.2 Å². The fourth-order valence-electron chi connectivity index (χ4n) is 5.24. The topological polar surface area (TPSA) is 147 Å². The summed E-state index contributed by atoms with van der Waals surface area (Å²) in [7, 11) is 0. The van der Waals surface area contributed by atoms with Crippen LogP contribution < -0.4 is 5.73 Å². The molecule has 1 fully saturated rings. The van der Waals surface area contributed by atoms with Crippen LogP contribution in [0.15, 0.2) is 54.7 Å². The molecule has 37 heavy (non-hydrogen) atoms. The normalized spacial score (nSPS) is 16.5. The van der Waals surface area contributed by atoms with Gasteiger partial charge in [-0.1, -0.05) is 6.07 Å². The molecule has 0 saturated carbocycles. The number of phenolic OH excluding ortho intramolecular Hbond substituents is 1. The van der Waals surface area contributed by atoms with Gasteiger partial charge in [-0.3, -0.25) is 14.7 Å². The van der Waals surface area contributed by atoms with Gasteiger partial charge in [0.25, 0.3) is 0 Å². The highest BCUT2D eigenvalue weighted by atomic mass is 16.4. The maximum absolute atomic E-state index is 13.2. The lowest BCUT2D eigenvalue weighted by Crippen LogP contribution is -2.52. The van der Waals surface area contributed by atoms with Crippen molar-refractivity contribution in [2.24, 2.45) is 5.73 Å². The van der Waals surface area contributed by atoms with E-state index in [4.69, 9.17) is 15.8 Å². The number of nitrogens with two attached hydrogens (primary N) is 1. The number of likely N-dealkylation sites (tertiary alicyclic amines) is 1. The van der Waals surface area contributed by atoms with Gasteiger partial charge in [-0.05, 0) is 69.2 Å². The Morgan fingerprint density at radius 3 is 2.41 bits per heavy atom. The molecule has 1 aromatic carbocycles. The van der Waals surface area contributed by atoms with Gasteiger partial charge in [0.1, 0.15) is 17.3 Å². The Morgan fingerprint density at radius 2 is 1.81 bits per heavy atom. The molecular weight excluding hydrogens is 472 g/mol. The quantitative estimate of drug-likeness (QED) is 0.350. The Bertz CT molecular complexity index is 1480. The number of carbonyl (C=O) groups is 2. The van der Waals surface area contributed by atoms with Crippen LogP contribution >= 0.6 is 0 Å². The van der Waals surface area contributed by atoms with Gasteiger partial charge in [-0.25, -0.2) is 14.5 Å². The number of hydrogen-bond acceptors (Lipinski definition) is 7. The summed E-state index contributed by atoms with van der Waals surface area (Å²) in [5.74, 6) is -1.60. The first kappa shape index (κ1) is 24.4. The molecule has 5 rings (SSSR count). The van der Waals surface area contributed by atoms with E-state index in [1.54, 1.807) is 55.1 Å². The summed E-state index contributed by atoms with van der Waals surface area (Å²) >= 11 is 0. The zero-order valence-electron chi connectivity index (χ0n) is 20.6. The largest absolute Gasteiger partial charge is 0.508 e. The van der Waals surface area contributed by atoms with Crippen LogP contribution in [0.25, 0.3) is 22.3 Å². The van der Waals surface area contributed by atoms with Gasteiger partial charge in [0.2, 0.25) is 5.91 Å². The summed E-state index contributed by atoms with van der Waals surface area (Å²) in [6, 6.07) is 13.2. The van der Waals surface area contributed by atoms with E-state index in [1.807, 2.05) is 0 Å². The number of pyridine rings is 2. The number of aromatic hydroxyl groups is 1. The molecule has 4 aromatic rings. The van der Waals surface area contributed by atoms with Crippen molar-refractivity contribution in [3.63, 3.8) is 0 Å². The van der Waals surface area contributed by atoms with Gasteiger partial charge >= 0.3 is 5.97 Å². The molecule has 2 atom stereocenters. The highest BCUT2D eigenvalue weighted by Gasteiger charge is 2.49. The molecule has 1 aliphatic rings. The number of aryl methyl sites for hydroxylation is 1. The molecular formula is C27H28N6O4. The molecule has 0 bridgehead atoms. The maximum atomic E-state index is 13.2. The lowest BCUT2D eigenvalue weighted by molar-refractivity contribution is -0.127. The van der Waals surface area contributed by atoms with Gasteiger partial charge in [-0.15, -0.1) is 0 Å². The lowest BCUT2D eigenvalue weighted by atomic mass is 9.81. The SMILES string of the molecule is Cc1nn(C(N2CCCC2)C(C)(C(N)=O)c2ccccn2)c2nc(-c3ccc(O)cc3)cc(C(=O)O)c12. The minimum absolute atomic E-state index is 0.0515. The van der Waals surface area contributed by atoms with Gasteiger partial charge in [-0.2, -0.15) is 5.10 Å². The van der Waals surface area contributed by atoms with Crippen molar-refractivity contribution in [1.29, 1.82) is 0 Å². The number of nitrogens with zero attached hydrogens (tertiary/aromatic N) is 5. The molecule has 10 heteroatoms. The highest BCUT2D eigenvalue weighted by Crippen LogP contribution is 2.41. The predicted molar refractivity (Wildman–Crippen MR) is 137 cm³/mol. The van der Waals surface area contributed by atoms with Crippen LogP contribution in [0.2, 0.25) is 0 Å². The fourth-order valence-corrected chi connectivity index (χ4v) is 5.24. The van der Waals surface area contributed by atoms with E-state index in [2.05, 4.69) is 9.88 Å². The van der Waals surface area contributed by atoms with E-state index >= 15 is 0 Å². The number of aromatic carboxylic acids is 1. The third-order valence-corrected chi connectivity index (χ3v) is 7.17.